The van der Waals surface area contributed by atoms with E-state index in [1.54, 1.807) is 0 Å². The molecule has 0 spiro atoms. The Balaban J connectivity index is 2.14. The van der Waals surface area contributed by atoms with Crippen molar-refractivity contribution in [3.05, 3.63) is 59.4 Å². The topological polar surface area (TPSA) is 118 Å². The highest BCUT2D eigenvalue weighted by molar-refractivity contribution is 7.92. The average molecular weight is 585 g/mol. The van der Waals surface area contributed by atoms with Crippen molar-refractivity contribution < 1.29 is 53.8 Å². The fourth-order valence-corrected chi connectivity index (χ4v) is 6.09. The van der Waals surface area contributed by atoms with Crippen molar-refractivity contribution in [1.82, 2.24) is 0 Å². The minimum atomic E-state index is -6.15. The molecule has 0 unspecified atom stereocenters. The van der Waals surface area contributed by atoms with Crippen molar-refractivity contribution in [1.29, 1.82) is 0 Å². The van der Waals surface area contributed by atoms with Gasteiger partial charge in [-0.2, -0.15) is 26.3 Å². The van der Waals surface area contributed by atoms with Crippen LogP contribution in [0.15, 0.2) is 47.4 Å². The van der Waals surface area contributed by atoms with Crippen LogP contribution in [-0.2, 0) is 31.6 Å². The number of aryl methyl sites for hydroxylation is 1. The molecular formula is C24H23F7N2O5S. The van der Waals surface area contributed by atoms with Crippen LogP contribution >= 0.6 is 0 Å². The summed E-state index contributed by atoms with van der Waals surface area (Å²) in [4.78, 5) is 23.5. The number of benzene rings is 2. The number of ketones is 1. The molecule has 15 heteroatoms. The van der Waals surface area contributed by atoms with Crippen molar-refractivity contribution in [2.24, 2.45) is 11.7 Å². The van der Waals surface area contributed by atoms with Crippen LogP contribution < -0.4 is 10.0 Å². The fourth-order valence-electron chi connectivity index (χ4n) is 4.37. The van der Waals surface area contributed by atoms with Gasteiger partial charge in [0, 0.05) is 24.3 Å². The third-order valence-electron chi connectivity index (χ3n) is 6.49. The number of anilines is 1. The van der Waals surface area contributed by atoms with Crippen molar-refractivity contribution in [2.75, 3.05) is 4.31 Å². The maximum atomic E-state index is 13.6. The van der Waals surface area contributed by atoms with Crippen LogP contribution in [0.1, 0.15) is 37.3 Å². The number of hydrogen-bond donors (Lipinski definition) is 2. The fraction of sp³-hybridized carbons (Fsp3) is 0.417. The zero-order chi connectivity index (χ0) is 29.6. The lowest BCUT2D eigenvalue weighted by Gasteiger charge is -2.39. The molecule has 7 nitrogen and oxygen atoms in total. The summed E-state index contributed by atoms with van der Waals surface area (Å²) in [6, 6.07) is 3.78. The van der Waals surface area contributed by atoms with Gasteiger partial charge < -0.3 is 10.8 Å². The summed E-state index contributed by atoms with van der Waals surface area (Å²) in [6.45, 7) is 1.38. The maximum Gasteiger partial charge on any atom is 0.430 e. The number of Topliss-reactive ketones (excluding diaryl/α,β-unsaturated/α-hetero) is 1. The van der Waals surface area contributed by atoms with Crippen LogP contribution in [0, 0.1) is 11.7 Å². The van der Waals surface area contributed by atoms with E-state index < -0.39 is 74.3 Å². The van der Waals surface area contributed by atoms with Crippen molar-refractivity contribution in [2.45, 2.75) is 61.5 Å². The summed E-state index contributed by atoms with van der Waals surface area (Å²) in [6.07, 6.45) is -13.5. The first kappa shape index (κ1) is 30.3. The Hall–Kier alpha value is -3.20. The number of halogens is 7. The third-order valence-corrected chi connectivity index (χ3v) is 8.37. The SMILES string of the molecule is C[C@@H](CC(=O)C[C@@H]1CCc2cc(C(O)(C(F)(F)F)C(F)(F)F)ccc2N1S(=O)(=O)c1ccc(F)cc1)C(N)=O. The molecule has 0 fully saturated rings. The average Bonchev–Trinajstić information content (AvgIpc) is 2.81. The van der Waals surface area contributed by atoms with Crippen molar-refractivity contribution >= 4 is 27.4 Å². The van der Waals surface area contributed by atoms with E-state index in [9.17, 15) is 53.8 Å². The largest absolute Gasteiger partial charge is 0.430 e. The molecule has 214 valence electrons. The van der Waals surface area contributed by atoms with E-state index in [-0.39, 0.29) is 30.5 Å². The Kier molecular flexibility index (Phi) is 8.10. The van der Waals surface area contributed by atoms with Crippen molar-refractivity contribution in [3.8, 4) is 0 Å². The van der Waals surface area contributed by atoms with Gasteiger partial charge in [-0.15, -0.1) is 0 Å². The number of nitrogens with zero attached hydrogens (tertiary/aromatic N) is 1. The van der Waals surface area contributed by atoms with Crippen LogP contribution in [0.3, 0.4) is 0 Å². The summed E-state index contributed by atoms with van der Waals surface area (Å²) in [7, 11) is -4.62. The van der Waals surface area contributed by atoms with Gasteiger partial charge in [0.15, 0.2) is 0 Å². The number of sulfonamides is 1. The second-order valence-corrected chi connectivity index (χ2v) is 11.1. The molecule has 0 aliphatic carbocycles. The third kappa shape index (κ3) is 5.73. The van der Waals surface area contributed by atoms with Gasteiger partial charge in [0.25, 0.3) is 15.6 Å². The first-order chi connectivity index (χ1) is 17.8. The van der Waals surface area contributed by atoms with E-state index in [0.717, 1.165) is 24.3 Å². The number of amides is 1. The van der Waals surface area contributed by atoms with Crippen LogP contribution in [0.5, 0.6) is 0 Å². The van der Waals surface area contributed by atoms with Crippen LogP contribution in [0.2, 0.25) is 0 Å². The molecule has 0 saturated heterocycles. The van der Waals surface area contributed by atoms with Gasteiger partial charge in [0.1, 0.15) is 11.6 Å². The highest BCUT2D eigenvalue weighted by Crippen LogP contribution is 2.51. The Morgan fingerprint density at radius 3 is 2.13 bits per heavy atom. The molecule has 39 heavy (non-hydrogen) atoms. The lowest BCUT2D eigenvalue weighted by molar-refractivity contribution is -0.376. The Labute approximate surface area is 218 Å². The number of carbonyl (C=O) groups is 2. The van der Waals surface area contributed by atoms with E-state index in [2.05, 4.69) is 0 Å². The smallest absolute Gasteiger partial charge is 0.369 e. The number of rotatable bonds is 8. The molecule has 2 atom stereocenters. The van der Waals surface area contributed by atoms with E-state index >= 15 is 0 Å². The van der Waals surface area contributed by atoms with E-state index in [1.807, 2.05) is 0 Å². The molecule has 1 heterocycles. The molecule has 3 N–H and O–H groups in total. The van der Waals surface area contributed by atoms with Gasteiger partial charge in [0.2, 0.25) is 5.91 Å². The molecule has 2 aromatic rings. The highest BCUT2D eigenvalue weighted by atomic mass is 32.2. The molecule has 2 aromatic carbocycles. The maximum absolute atomic E-state index is 13.6. The number of fused-ring (bicyclic) bond motifs is 1. The molecular weight excluding hydrogens is 561 g/mol. The van der Waals surface area contributed by atoms with E-state index in [4.69, 9.17) is 5.73 Å². The monoisotopic (exact) mass is 584 g/mol. The number of hydrogen-bond acceptors (Lipinski definition) is 5. The van der Waals surface area contributed by atoms with Gasteiger partial charge in [-0.1, -0.05) is 19.1 Å². The molecule has 0 bridgehead atoms. The zero-order valence-corrected chi connectivity index (χ0v) is 21.0. The number of primary amides is 1. The highest BCUT2D eigenvalue weighted by Gasteiger charge is 2.71. The molecule has 0 saturated carbocycles. The van der Waals surface area contributed by atoms with E-state index in [0.29, 0.717) is 22.5 Å². The van der Waals surface area contributed by atoms with Crippen molar-refractivity contribution in [3.63, 3.8) is 0 Å². The normalized spacial score (nSPS) is 17.5. The summed E-state index contributed by atoms with van der Waals surface area (Å²) < 4.78 is 122. The Bertz CT molecular complexity index is 1340. The summed E-state index contributed by atoms with van der Waals surface area (Å²) in [5.41, 5.74) is -2.21. The minimum Gasteiger partial charge on any atom is -0.369 e. The van der Waals surface area contributed by atoms with Gasteiger partial charge >= 0.3 is 12.4 Å². The standard InChI is InChI=1S/C24H23F7N2O5S/c1-13(21(32)35)10-18(34)12-17-6-2-14-11-15(22(36,23(26,27)28)24(29,30)31)3-9-20(14)33(17)39(37,38)19-7-4-16(25)5-8-19/h3-5,7-9,11,13,17,36H,2,6,10,12H2,1H3,(H2,32,35)/t13-,17-/m0/s1. The number of aliphatic hydroxyl groups is 1. The molecule has 1 aliphatic rings. The predicted molar refractivity (Wildman–Crippen MR) is 123 cm³/mol. The summed E-state index contributed by atoms with van der Waals surface area (Å²) >= 11 is 0. The van der Waals surface area contributed by atoms with Crippen LogP contribution in [-0.4, -0.2) is 43.6 Å². The van der Waals surface area contributed by atoms with Gasteiger partial charge in [-0.05, 0) is 48.7 Å². The zero-order valence-electron chi connectivity index (χ0n) is 20.2. The Morgan fingerprint density at radius 1 is 1.05 bits per heavy atom. The minimum absolute atomic E-state index is 0.204. The van der Waals surface area contributed by atoms with E-state index in [1.165, 1.54) is 6.92 Å². The van der Waals surface area contributed by atoms with Gasteiger partial charge in [-0.3, -0.25) is 13.9 Å². The number of nitrogens with two attached hydrogens (primary N) is 1. The Morgan fingerprint density at radius 2 is 1.62 bits per heavy atom. The predicted octanol–water partition coefficient (Wildman–Crippen LogP) is 4.12. The molecule has 1 aliphatic heterocycles. The van der Waals surface area contributed by atoms with Gasteiger partial charge in [-0.25, -0.2) is 12.8 Å². The quantitative estimate of drug-likeness (QED) is 0.453. The molecule has 3 rings (SSSR count). The van der Waals surface area contributed by atoms with Crippen LogP contribution in [0.25, 0.3) is 0 Å². The van der Waals surface area contributed by atoms with Gasteiger partial charge in [0.05, 0.1) is 16.6 Å². The first-order valence-electron chi connectivity index (χ1n) is 11.4. The second kappa shape index (κ2) is 10.4. The number of alkyl halides is 6. The number of carbonyl (C=O) groups excluding carboxylic acids is 2. The summed E-state index contributed by atoms with van der Waals surface area (Å²) in [5.74, 6) is -2.99. The molecule has 0 radical (unpaired) electrons. The first-order valence-corrected chi connectivity index (χ1v) is 12.8. The molecule has 1 amide bonds. The lowest BCUT2D eigenvalue weighted by Crippen LogP contribution is -2.54. The second-order valence-electron chi connectivity index (χ2n) is 9.25. The molecule has 0 aromatic heterocycles. The van der Waals surface area contributed by atoms with Crippen LogP contribution in [0.4, 0.5) is 36.4 Å². The lowest BCUT2D eigenvalue weighted by atomic mass is 9.87. The summed E-state index contributed by atoms with van der Waals surface area (Å²) in [5, 5.41) is 9.79.